The van der Waals surface area contributed by atoms with Gasteiger partial charge in [0.05, 0.1) is 12.0 Å². The summed E-state index contributed by atoms with van der Waals surface area (Å²) in [6.45, 7) is 0. The van der Waals surface area contributed by atoms with Gasteiger partial charge in [0, 0.05) is 19.7 Å². The largest absolute Gasteiger partial charge is 0.369 e. The number of primary amides is 1. The maximum atomic E-state index is 10.9. The Morgan fingerprint density at radius 1 is 1.50 bits per heavy atom. The van der Waals surface area contributed by atoms with Gasteiger partial charge in [0.2, 0.25) is 5.91 Å². The normalized spacial score (nSPS) is 10.4. The van der Waals surface area contributed by atoms with Crippen molar-refractivity contribution in [1.82, 2.24) is 4.90 Å². The monoisotopic (exact) mass is 191 g/mol. The number of nitrogens with zero attached hydrogens (tertiary/aromatic N) is 2. The third kappa shape index (κ3) is 2.90. The minimum Gasteiger partial charge on any atom is -0.369 e. The predicted octanol–water partition coefficient (Wildman–Crippen LogP) is 1.01. The van der Waals surface area contributed by atoms with Crippen LogP contribution in [0, 0.1) is 0 Å². The van der Waals surface area contributed by atoms with E-state index < -0.39 is 5.91 Å². The molecule has 0 heterocycles. The molecule has 0 aliphatic carbocycles. The fraction of sp³-hybridized carbons (Fsp3) is 0.200. The van der Waals surface area contributed by atoms with E-state index in [0.717, 1.165) is 5.69 Å². The molecule has 1 rings (SSSR count). The Bertz CT molecular complexity index is 358. The zero-order valence-electron chi connectivity index (χ0n) is 8.27. The minimum atomic E-state index is -0.438. The van der Waals surface area contributed by atoms with Crippen LogP contribution in [0.4, 0.5) is 5.69 Å². The number of carbonyl (C=O) groups excluding carboxylic acids is 1. The van der Waals surface area contributed by atoms with Crippen LogP contribution in [0.15, 0.2) is 29.3 Å². The van der Waals surface area contributed by atoms with Gasteiger partial charge in [-0.25, -0.2) is 4.99 Å². The van der Waals surface area contributed by atoms with Crippen molar-refractivity contribution in [3.05, 3.63) is 29.8 Å². The topological polar surface area (TPSA) is 58.7 Å². The van der Waals surface area contributed by atoms with Gasteiger partial charge in [-0.15, -0.1) is 0 Å². The van der Waals surface area contributed by atoms with E-state index in [1.54, 1.807) is 24.5 Å². The van der Waals surface area contributed by atoms with E-state index >= 15 is 0 Å². The first-order valence-electron chi connectivity index (χ1n) is 4.20. The van der Waals surface area contributed by atoms with E-state index in [1.807, 2.05) is 25.1 Å². The van der Waals surface area contributed by atoms with Crippen LogP contribution in [0.5, 0.6) is 0 Å². The summed E-state index contributed by atoms with van der Waals surface area (Å²) in [5, 5.41) is 0. The van der Waals surface area contributed by atoms with Gasteiger partial charge in [-0.1, -0.05) is 6.07 Å². The Balaban J connectivity index is 2.89. The van der Waals surface area contributed by atoms with Gasteiger partial charge in [0.15, 0.2) is 0 Å². The lowest BCUT2D eigenvalue weighted by Gasteiger charge is -2.02. The zero-order chi connectivity index (χ0) is 10.6. The molecule has 0 aromatic heterocycles. The summed E-state index contributed by atoms with van der Waals surface area (Å²) in [4.78, 5) is 16.8. The van der Waals surface area contributed by atoms with Crippen molar-refractivity contribution in [2.45, 2.75) is 0 Å². The molecule has 4 heteroatoms. The van der Waals surface area contributed by atoms with Crippen LogP contribution in [-0.4, -0.2) is 31.2 Å². The smallest absolute Gasteiger partial charge is 0.248 e. The summed E-state index contributed by atoms with van der Waals surface area (Å²) in [5.41, 5.74) is 6.33. The number of rotatable bonds is 3. The Morgan fingerprint density at radius 3 is 2.79 bits per heavy atom. The van der Waals surface area contributed by atoms with Crippen molar-refractivity contribution in [3.8, 4) is 0 Å². The van der Waals surface area contributed by atoms with Crippen molar-refractivity contribution in [1.29, 1.82) is 0 Å². The summed E-state index contributed by atoms with van der Waals surface area (Å²) in [6.07, 6.45) is 1.67. The zero-order valence-corrected chi connectivity index (χ0v) is 8.27. The maximum Gasteiger partial charge on any atom is 0.248 e. The highest BCUT2D eigenvalue weighted by atomic mass is 16.1. The Kier molecular flexibility index (Phi) is 3.23. The molecular weight excluding hydrogens is 178 g/mol. The molecule has 0 aliphatic heterocycles. The number of aliphatic imine (C=N–C) groups is 1. The highest BCUT2D eigenvalue weighted by Crippen LogP contribution is 2.12. The number of amides is 1. The highest BCUT2D eigenvalue weighted by Gasteiger charge is 1.99. The summed E-state index contributed by atoms with van der Waals surface area (Å²) < 4.78 is 0. The van der Waals surface area contributed by atoms with Crippen molar-refractivity contribution in [2.75, 3.05) is 14.1 Å². The first-order valence-corrected chi connectivity index (χ1v) is 4.20. The predicted molar refractivity (Wildman–Crippen MR) is 56.8 cm³/mol. The number of carbonyl (C=O) groups is 1. The highest BCUT2D eigenvalue weighted by molar-refractivity contribution is 5.93. The molecule has 0 spiro atoms. The molecule has 1 amide bonds. The molecule has 0 bridgehead atoms. The number of hydrogen-bond acceptors (Lipinski definition) is 2. The van der Waals surface area contributed by atoms with Crippen LogP contribution < -0.4 is 5.73 Å². The van der Waals surface area contributed by atoms with Gasteiger partial charge < -0.3 is 10.6 Å². The van der Waals surface area contributed by atoms with E-state index in [2.05, 4.69) is 4.99 Å². The molecule has 4 nitrogen and oxygen atoms in total. The summed E-state index contributed by atoms with van der Waals surface area (Å²) >= 11 is 0. The van der Waals surface area contributed by atoms with E-state index in [-0.39, 0.29) is 0 Å². The SMILES string of the molecule is CN(C)C=Nc1cccc(C(N)=O)c1. The van der Waals surface area contributed by atoms with E-state index in [1.165, 1.54) is 0 Å². The lowest BCUT2D eigenvalue weighted by atomic mass is 10.2. The van der Waals surface area contributed by atoms with Crippen molar-refractivity contribution in [3.63, 3.8) is 0 Å². The van der Waals surface area contributed by atoms with Crippen LogP contribution in [0.3, 0.4) is 0 Å². The first kappa shape index (κ1) is 10.2. The van der Waals surface area contributed by atoms with Crippen LogP contribution in [-0.2, 0) is 0 Å². The van der Waals surface area contributed by atoms with Crippen molar-refractivity contribution in [2.24, 2.45) is 10.7 Å². The van der Waals surface area contributed by atoms with E-state index in [4.69, 9.17) is 5.73 Å². The Labute approximate surface area is 83.0 Å². The third-order valence-electron chi connectivity index (χ3n) is 1.57. The number of benzene rings is 1. The van der Waals surface area contributed by atoms with Gasteiger partial charge in [0.1, 0.15) is 0 Å². The second-order valence-corrected chi connectivity index (χ2v) is 3.12. The molecule has 0 atom stereocenters. The van der Waals surface area contributed by atoms with Gasteiger partial charge in [-0.3, -0.25) is 4.79 Å². The molecule has 0 fully saturated rings. The molecule has 14 heavy (non-hydrogen) atoms. The van der Waals surface area contributed by atoms with E-state index in [9.17, 15) is 4.79 Å². The van der Waals surface area contributed by atoms with Crippen molar-refractivity contribution < 1.29 is 4.79 Å². The molecule has 0 radical (unpaired) electrons. The fourth-order valence-corrected chi connectivity index (χ4v) is 0.922. The number of hydrogen-bond donors (Lipinski definition) is 1. The summed E-state index contributed by atoms with van der Waals surface area (Å²) in [6, 6.07) is 6.88. The minimum absolute atomic E-state index is 0.438. The molecule has 1 aromatic rings. The number of nitrogens with two attached hydrogens (primary N) is 1. The molecule has 0 unspecified atom stereocenters. The first-order chi connectivity index (χ1) is 6.59. The summed E-state index contributed by atoms with van der Waals surface area (Å²) in [7, 11) is 3.75. The average molecular weight is 191 g/mol. The molecule has 1 aromatic carbocycles. The quantitative estimate of drug-likeness (QED) is 0.572. The van der Waals surface area contributed by atoms with Gasteiger partial charge in [-0.2, -0.15) is 0 Å². The Hall–Kier alpha value is -1.84. The maximum absolute atomic E-state index is 10.9. The fourth-order valence-electron chi connectivity index (χ4n) is 0.922. The standard InChI is InChI=1S/C10H13N3O/c1-13(2)7-12-9-5-3-4-8(6-9)10(11)14/h3-7H,1-2H3,(H2,11,14). The van der Waals surface area contributed by atoms with Crippen LogP contribution in [0.25, 0.3) is 0 Å². The van der Waals surface area contributed by atoms with Crippen molar-refractivity contribution >= 4 is 17.9 Å². The Morgan fingerprint density at radius 2 is 2.21 bits per heavy atom. The summed E-state index contributed by atoms with van der Waals surface area (Å²) in [5.74, 6) is -0.438. The molecular formula is C10H13N3O. The van der Waals surface area contributed by atoms with Gasteiger partial charge in [0.25, 0.3) is 0 Å². The van der Waals surface area contributed by atoms with Gasteiger partial charge >= 0.3 is 0 Å². The lowest BCUT2D eigenvalue weighted by molar-refractivity contribution is 0.100. The van der Waals surface area contributed by atoms with Crippen LogP contribution in [0.2, 0.25) is 0 Å². The molecule has 0 saturated heterocycles. The van der Waals surface area contributed by atoms with Gasteiger partial charge in [-0.05, 0) is 18.2 Å². The lowest BCUT2D eigenvalue weighted by Crippen LogP contribution is -2.10. The average Bonchev–Trinajstić information content (AvgIpc) is 2.15. The molecule has 2 N–H and O–H groups in total. The van der Waals surface area contributed by atoms with E-state index in [0.29, 0.717) is 5.56 Å². The van der Waals surface area contributed by atoms with Crippen LogP contribution >= 0.6 is 0 Å². The van der Waals surface area contributed by atoms with Crippen LogP contribution in [0.1, 0.15) is 10.4 Å². The third-order valence-corrected chi connectivity index (χ3v) is 1.57. The molecule has 74 valence electrons. The molecule has 0 saturated carbocycles. The second-order valence-electron chi connectivity index (χ2n) is 3.12. The second kappa shape index (κ2) is 4.41. The molecule has 0 aliphatic rings.